The molecule has 1 aromatic carbocycles. The molecule has 0 heterocycles. The molecule has 5 heteroatoms. The SMILES string of the molecule is COC(=O)c1ccc(B(O)O)cc1CC(C)C. The summed E-state index contributed by atoms with van der Waals surface area (Å²) in [5.41, 5.74) is 1.64. The number of carbonyl (C=O) groups is 1. The quantitative estimate of drug-likeness (QED) is 0.584. The predicted molar refractivity (Wildman–Crippen MR) is 66.1 cm³/mol. The van der Waals surface area contributed by atoms with E-state index in [0.717, 1.165) is 5.56 Å². The molecule has 0 fully saturated rings. The Balaban J connectivity index is 3.16. The maximum absolute atomic E-state index is 11.5. The van der Waals surface area contributed by atoms with Gasteiger partial charge in [-0.3, -0.25) is 0 Å². The number of ether oxygens (including phenoxy) is 1. The third kappa shape index (κ3) is 3.58. The van der Waals surface area contributed by atoms with Gasteiger partial charge in [-0.1, -0.05) is 26.0 Å². The molecule has 1 aromatic rings. The second-order valence-corrected chi connectivity index (χ2v) is 4.38. The summed E-state index contributed by atoms with van der Waals surface area (Å²) in [6.45, 7) is 4.06. The van der Waals surface area contributed by atoms with E-state index in [0.29, 0.717) is 23.4 Å². The molecule has 0 radical (unpaired) electrons. The number of carbonyl (C=O) groups excluding carboxylic acids is 1. The highest BCUT2D eigenvalue weighted by Gasteiger charge is 2.17. The van der Waals surface area contributed by atoms with Crippen LogP contribution in [0, 0.1) is 5.92 Å². The highest BCUT2D eigenvalue weighted by molar-refractivity contribution is 6.58. The van der Waals surface area contributed by atoms with Crippen molar-refractivity contribution in [2.75, 3.05) is 7.11 Å². The van der Waals surface area contributed by atoms with Crippen molar-refractivity contribution < 1.29 is 19.6 Å². The lowest BCUT2D eigenvalue weighted by molar-refractivity contribution is 0.0599. The molecule has 0 saturated heterocycles. The number of benzene rings is 1. The minimum atomic E-state index is -1.52. The fraction of sp³-hybridized carbons (Fsp3) is 0.417. The fourth-order valence-corrected chi connectivity index (χ4v) is 1.69. The van der Waals surface area contributed by atoms with Crippen molar-refractivity contribution >= 4 is 18.6 Å². The lowest BCUT2D eigenvalue weighted by Crippen LogP contribution is -2.30. The standard InChI is InChI=1S/C12H17BO4/c1-8(2)6-9-7-10(13(15)16)4-5-11(9)12(14)17-3/h4-5,7-8,15-16H,6H2,1-3H3. The molecular weight excluding hydrogens is 219 g/mol. The number of rotatable bonds is 4. The Kier molecular flexibility index (Phi) is 4.72. The molecule has 0 aromatic heterocycles. The molecule has 92 valence electrons. The number of hydrogen-bond acceptors (Lipinski definition) is 4. The number of hydrogen-bond donors (Lipinski definition) is 2. The van der Waals surface area contributed by atoms with Gasteiger partial charge in [-0.2, -0.15) is 0 Å². The molecule has 0 aliphatic heterocycles. The van der Waals surface area contributed by atoms with E-state index >= 15 is 0 Å². The van der Waals surface area contributed by atoms with Crippen LogP contribution in [0.1, 0.15) is 29.8 Å². The van der Waals surface area contributed by atoms with Gasteiger partial charge in [0.25, 0.3) is 0 Å². The Bertz CT molecular complexity index is 401. The third-order valence-electron chi connectivity index (χ3n) is 2.46. The second-order valence-electron chi connectivity index (χ2n) is 4.38. The third-order valence-corrected chi connectivity index (χ3v) is 2.46. The largest absolute Gasteiger partial charge is 0.488 e. The molecule has 0 spiro atoms. The van der Waals surface area contributed by atoms with Crippen molar-refractivity contribution in [2.24, 2.45) is 5.92 Å². The zero-order chi connectivity index (χ0) is 13.0. The molecule has 0 unspecified atom stereocenters. The Morgan fingerprint density at radius 2 is 2.06 bits per heavy atom. The molecule has 0 saturated carbocycles. The molecular formula is C12H17BO4. The van der Waals surface area contributed by atoms with Crippen molar-refractivity contribution in [3.05, 3.63) is 29.3 Å². The van der Waals surface area contributed by atoms with Crippen LogP contribution < -0.4 is 5.46 Å². The smallest absolute Gasteiger partial charge is 0.465 e. The molecule has 1 rings (SSSR count). The van der Waals surface area contributed by atoms with Crippen LogP contribution in [0.15, 0.2) is 18.2 Å². The highest BCUT2D eigenvalue weighted by Crippen LogP contribution is 2.14. The Labute approximate surface area is 101 Å². The number of methoxy groups -OCH3 is 1. The highest BCUT2D eigenvalue weighted by atomic mass is 16.5. The van der Waals surface area contributed by atoms with Crippen LogP contribution in [-0.4, -0.2) is 30.2 Å². The lowest BCUT2D eigenvalue weighted by Gasteiger charge is -2.12. The van der Waals surface area contributed by atoms with Gasteiger partial charge in [0.2, 0.25) is 0 Å². The monoisotopic (exact) mass is 236 g/mol. The summed E-state index contributed by atoms with van der Waals surface area (Å²) >= 11 is 0. The van der Waals surface area contributed by atoms with Crippen molar-refractivity contribution in [1.29, 1.82) is 0 Å². The maximum atomic E-state index is 11.5. The summed E-state index contributed by atoms with van der Waals surface area (Å²) in [6.07, 6.45) is 0.686. The van der Waals surface area contributed by atoms with Crippen LogP contribution in [0.25, 0.3) is 0 Å². The van der Waals surface area contributed by atoms with E-state index in [-0.39, 0.29) is 0 Å². The molecule has 0 atom stereocenters. The van der Waals surface area contributed by atoms with E-state index in [4.69, 9.17) is 14.8 Å². The summed E-state index contributed by atoms with van der Waals surface area (Å²) in [5.74, 6) is -0.0379. The minimum absolute atomic E-state index is 0.365. The van der Waals surface area contributed by atoms with Gasteiger partial charge in [0.05, 0.1) is 12.7 Å². The molecule has 17 heavy (non-hydrogen) atoms. The van der Waals surface area contributed by atoms with Gasteiger partial charge in [0.15, 0.2) is 0 Å². The maximum Gasteiger partial charge on any atom is 0.488 e. The normalized spacial score (nSPS) is 10.5. The van der Waals surface area contributed by atoms with E-state index in [1.54, 1.807) is 12.1 Å². The Hall–Kier alpha value is -1.33. The molecule has 0 aliphatic carbocycles. The van der Waals surface area contributed by atoms with Crippen molar-refractivity contribution in [2.45, 2.75) is 20.3 Å². The van der Waals surface area contributed by atoms with Crippen molar-refractivity contribution in [1.82, 2.24) is 0 Å². The first-order valence-corrected chi connectivity index (χ1v) is 5.53. The molecule has 2 N–H and O–H groups in total. The molecule has 4 nitrogen and oxygen atoms in total. The Morgan fingerprint density at radius 3 is 2.53 bits per heavy atom. The molecule has 0 aliphatic rings. The van der Waals surface area contributed by atoms with Gasteiger partial charge in [-0.05, 0) is 29.4 Å². The van der Waals surface area contributed by atoms with E-state index in [1.807, 2.05) is 13.8 Å². The van der Waals surface area contributed by atoms with Crippen LogP contribution in [0.2, 0.25) is 0 Å². The van der Waals surface area contributed by atoms with Crippen LogP contribution in [0.4, 0.5) is 0 Å². The van der Waals surface area contributed by atoms with Crippen LogP contribution in [0.3, 0.4) is 0 Å². The zero-order valence-corrected chi connectivity index (χ0v) is 10.3. The van der Waals surface area contributed by atoms with E-state index in [2.05, 4.69) is 0 Å². The average Bonchev–Trinajstić information content (AvgIpc) is 2.27. The van der Waals surface area contributed by atoms with Crippen molar-refractivity contribution in [3.63, 3.8) is 0 Å². The summed E-state index contributed by atoms with van der Waals surface area (Å²) in [7, 11) is -0.191. The van der Waals surface area contributed by atoms with Gasteiger partial charge in [0, 0.05) is 0 Å². The predicted octanol–water partition coefficient (Wildman–Crippen LogP) is 0.351. The lowest BCUT2D eigenvalue weighted by atomic mass is 9.78. The minimum Gasteiger partial charge on any atom is -0.465 e. The van der Waals surface area contributed by atoms with Crippen LogP contribution in [0.5, 0.6) is 0 Å². The number of esters is 1. The fourth-order valence-electron chi connectivity index (χ4n) is 1.69. The van der Waals surface area contributed by atoms with Gasteiger partial charge >= 0.3 is 13.1 Å². The summed E-state index contributed by atoms with van der Waals surface area (Å²) < 4.78 is 4.69. The molecule has 0 bridgehead atoms. The van der Waals surface area contributed by atoms with E-state index in [9.17, 15) is 4.79 Å². The first-order valence-electron chi connectivity index (χ1n) is 5.53. The average molecular weight is 236 g/mol. The summed E-state index contributed by atoms with van der Waals surface area (Å²) in [6, 6.07) is 4.72. The van der Waals surface area contributed by atoms with Gasteiger partial charge < -0.3 is 14.8 Å². The first-order chi connectivity index (χ1) is 7.95. The zero-order valence-electron chi connectivity index (χ0n) is 10.3. The van der Waals surface area contributed by atoms with Gasteiger partial charge in [-0.25, -0.2) is 4.79 Å². The van der Waals surface area contributed by atoms with Crippen molar-refractivity contribution in [3.8, 4) is 0 Å². The first kappa shape index (κ1) is 13.7. The summed E-state index contributed by atoms with van der Waals surface area (Å²) in [4.78, 5) is 11.5. The topological polar surface area (TPSA) is 66.8 Å². The summed E-state index contributed by atoms with van der Waals surface area (Å²) in [5, 5.41) is 18.2. The molecule has 0 amide bonds. The Morgan fingerprint density at radius 1 is 1.41 bits per heavy atom. The second kappa shape index (κ2) is 5.84. The van der Waals surface area contributed by atoms with Crippen LogP contribution in [-0.2, 0) is 11.2 Å². The van der Waals surface area contributed by atoms with Crippen LogP contribution >= 0.6 is 0 Å². The van der Waals surface area contributed by atoms with E-state index in [1.165, 1.54) is 13.2 Å². The van der Waals surface area contributed by atoms with Gasteiger partial charge in [-0.15, -0.1) is 0 Å². The van der Waals surface area contributed by atoms with E-state index < -0.39 is 13.1 Å². The van der Waals surface area contributed by atoms with Gasteiger partial charge in [0.1, 0.15) is 0 Å².